The van der Waals surface area contributed by atoms with Crippen LogP contribution >= 0.6 is 11.8 Å². The Kier molecular flexibility index (Phi) is 6.10. The third-order valence-electron chi connectivity index (χ3n) is 3.09. The Hall–Kier alpha value is -1.95. The first kappa shape index (κ1) is 17.4. The second-order valence-corrected chi connectivity index (χ2v) is 6.05. The van der Waals surface area contributed by atoms with Gasteiger partial charge in [0.2, 0.25) is 5.91 Å². The Morgan fingerprint density at radius 1 is 1.04 bits per heavy atom. The predicted octanol–water partition coefficient (Wildman–Crippen LogP) is 4.50. The zero-order valence-corrected chi connectivity index (χ0v) is 13.1. The number of hydrogen-bond donors (Lipinski definition) is 1. The second kappa shape index (κ2) is 8.06. The van der Waals surface area contributed by atoms with Gasteiger partial charge < -0.3 is 5.32 Å². The molecule has 23 heavy (non-hydrogen) atoms. The lowest BCUT2D eigenvalue weighted by molar-refractivity contribution is -0.137. The highest BCUT2D eigenvalue weighted by Gasteiger charge is 2.30. The number of halogens is 3. The third kappa shape index (κ3) is 5.98. The van der Waals surface area contributed by atoms with Gasteiger partial charge in [-0.05, 0) is 29.8 Å². The number of benzene rings is 2. The Morgan fingerprint density at radius 2 is 1.78 bits per heavy atom. The normalized spacial score (nSPS) is 11.3. The van der Waals surface area contributed by atoms with Crippen LogP contribution in [0, 0.1) is 0 Å². The highest BCUT2D eigenvalue weighted by Crippen LogP contribution is 2.29. The first-order valence-corrected chi connectivity index (χ1v) is 8.04. The quantitative estimate of drug-likeness (QED) is 0.785. The van der Waals surface area contributed by atoms with E-state index < -0.39 is 11.7 Å². The number of rotatable bonds is 6. The molecule has 0 saturated heterocycles. The van der Waals surface area contributed by atoms with Gasteiger partial charge in [-0.2, -0.15) is 13.2 Å². The van der Waals surface area contributed by atoms with Crippen LogP contribution in [0.15, 0.2) is 59.5 Å². The smallest absolute Gasteiger partial charge is 0.352 e. The van der Waals surface area contributed by atoms with E-state index in [4.69, 9.17) is 0 Å². The van der Waals surface area contributed by atoms with Gasteiger partial charge in [0.25, 0.3) is 0 Å². The Bertz CT molecular complexity index is 644. The maximum Gasteiger partial charge on any atom is 0.416 e. The van der Waals surface area contributed by atoms with E-state index >= 15 is 0 Å². The molecule has 0 spiro atoms. The molecule has 0 aliphatic carbocycles. The van der Waals surface area contributed by atoms with Crippen molar-refractivity contribution < 1.29 is 18.0 Å². The lowest BCUT2D eigenvalue weighted by Gasteiger charge is -2.09. The van der Waals surface area contributed by atoms with Crippen LogP contribution in [0.1, 0.15) is 17.5 Å². The molecule has 0 atom stereocenters. The Labute approximate surface area is 137 Å². The number of hydrogen-bond acceptors (Lipinski definition) is 2. The molecule has 1 N–H and O–H groups in total. The van der Waals surface area contributed by atoms with E-state index in [1.807, 2.05) is 30.3 Å². The largest absolute Gasteiger partial charge is 0.416 e. The summed E-state index contributed by atoms with van der Waals surface area (Å²) in [5, 5.41) is 2.64. The van der Waals surface area contributed by atoms with Crippen molar-refractivity contribution >= 4 is 17.7 Å². The lowest BCUT2D eigenvalue weighted by Crippen LogP contribution is -2.23. The molecule has 0 aromatic heterocycles. The van der Waals surface area contributed by atoms with E-state index in [0.29, 0.717) is 17.7 Å². The average Bonchev–Trinajstić information content (AvgIpc) is 2.53. The van der Waals surface area contributed by atoms with Gasteiger partial charge in [0.15, 0.2) is 0 Å². The van der Waals surface area contributed by atoms with Crippen molar-refractivity contribution in [3.63, 3.8) is 0 Å². The van der Waals surface area contributed by atoms with E-state index in [1.54, 1.807) is 17.8 Å². The van der Waals surface area contributed by atoms with Crippen molar-refractivity contribution in [2.24, 2.45) is 0 Å². The van der Waals surface area contributed by atoms with Crippen molar-refractivity contribution in [2.75, 3.05) is 5.75 Å². The van der Waals surface area contributed by atoms with E-state index in [2.05, 4.69) is 5.32 Å². The SMILES string of the molecule is O=C(CCSc1ccccc1)NCc1cccc(C(F)(F)F)c1. The molecule has 0 heterocycles. The molecule has 0 unspecified atom stereocenters. The van der Waals surface area contributed by atoms with Gasteiger partial charge in [-0.25, -0.2) is 0 Å². The molecule has 0 fully saturated rings. The minimum atomic E-state index is -4.37. The molecule has 2 aromatic carbocycles. The van der Waals surface area contributed by atoms with Gasteiger partial charge in [-0.15, -0.1) is 11.8 Å². The highest BCUT2D eigenvalue weighted by molar-refractivity contribution is 7.99. The molecule has 0 bridgehead atoms. The summed E-state index contributed by atoms with van der Waals surface area (Å²) in [5.74, 6) is 0.448. The zero-order valence-electron chi connectivity index (χ0n) is 12.3. The summed E-state index contributed by atoms with van der Waals surface area (Å²) >= 11 is 1.57. The van der Waals surface area contributed by atoms with Crippen molar-refractivity contribution in [1.82, 2.24) is 5.32 Å². The van der Waals surface area contributed by atoms with Crippen molar-refractivity contribution in [2.45, 2.75) is 24.0 Å². The summed E-state index contributed by atoms with van der Waals surface area (Å²) in [4.78, 5) is 12.8. The summed E-state index contributed by atoms with van der Waals surface area (Å²) in [6.45, 7) is 0.0960. The highest BCUT2D eigenvalue weighted by atomic mass is 32.2. The number of carbonyl (C=O) groups is 1. The molecule has 6 heteroatoms. The maximum atomic E-state index is 12.6. The zero-order chi connectivity index (χ0) is 16.7. The molecule has 2 nitrogen and oxygen atoms in total. The van der Waals surface area contributed by atoms with E-state index in [-0.39, 0.29) is 12.5 Å². The molecule has 0 saturated carbocycles. The van der Waals surface area contributed by atoms with Crippen LogP contribution in [0.4, 0.5) is 13.2 Å². The number of alkyl halides is 3. The fourth-order valence-electron chi connectivity index (χ4n) is 1.92. The summed E-state index contributed by atoms with van der Waals surface area (Å²) in [5.41, 5.74) is -0.271. The van der Waals surface area contributed by atoms with E-state index in [9.17, 15) is 18.0 Å². The van der Waals surface area contributed by atoms with Crippen LogP contribution in [0.5, 0.6) is 0 Å². The monoisotopic (exact) mass is 339 g/mol. The van der Waals surface area contributed by atoms with Crippen LogP contribution in [-0.4, -0.2) is 11.7 Å². The Morgan fingerprint density at radius 3 is 2.48 bits per heavy atom. The summed E-state index contributed by atoms with van der Waals surface area (Å²) in [7, 11) is 0. The first-order chi connectivity index (χ1) is 10.9. The summed E-state index contributed by atoms with van der Waals surface area (Å²) in [6, 6.07) is 14.7. The van der Waals surface area contributed by atoms with Crippen molar-refractivity contribution in [1.29, 1.82) is 0 Å². The van der Waals surface area contributed by atoms with Crippen LogP contribution in [0.2, 0.25) is 0 Å². The first-order valence-electron chi connectivity index (χ1n) is 7.06. The minimum absolute atomic E-state index is 0.0960. The fourth-order valence-corrected chi connectivity index (χ4v) is 2.80. The molecule has 122 valence electrons. The van der Waals surface area contributed by atoms with Crippen LogP contribution < -0.4 is 5.32 Å². The van der Waals surface area contributed by atoms with Gasteiger partial charge in [-0.3, -0.25) is 4.79 Å². The predicted molar refractivity (Wildman–Crippen MR) is 85.1 cm³/mol. The summed E-state index contributed by atoms with van der Waals surface area (Å²) in [6.07, 6.45) is -4.05. The van der Waals surface area contributed by atoms with Crippen LogP contribution in [0.3, 0.4) is 0 Å². The molecule has 0 radical (unpaired) electrons. The number of amides is 1. The van der Waals surface area contributed by atoms with E-state index in [1.165, 1.54) is 6.07 Å². The average molecular weight is 339 g/mol. The molecule has 1 amide bonds. The van der Waals surface area contributed by atoms with E-state index in [0.717, 1.165) is 17.0 Å². The maximum absolute atomic E-state index is 12.6. The van der Waals surface area contributed by atoms with Crippen LogP contribution in [-0.2, 0) is 17.5 Å². The lowest BCUT2D eigenvalue weighted by atomic mass is 10.1. The number of carbonyl (C=O) groups excluding carboxylic acids is 1. The molecule has 2 rings (SSSR count). The number of nitrogens with one attached hydrogen (secondary N) is 1. The minimum Gasteiger partial charge on any atom is -0.352 e. The fraction of sp³-hybridized carbons (Fsp3) is 0.235. The van der Waals surface area contributed by atoms with Crippen molar-refractivity contribution in [3.8, 4) is 0 Å². The second-order valence-electron chi connectivity index (χ2n) is 4.89. The van der Waals surface area contributed by atoms with Gasteiger partial charge in [0, 0.05) is 23.6 Å². The molecular formula is C17H16F3NOS. The summed E-state index contributed by atoms with van der Waals surface area (Å²) < 4.78 is 37.8. The van der Waals surface area contributed by atoms with Gasteiger partial charge in [0.05, 0.1) is 5.56 Å². The van der Waals surface area contributed by atoms with Gasteiger partial charge in [0.1, 0.15) is 0 Å². The van der Waals surface area contributed by atoms with Crippen molar-refractivity contribution in [3.05, 3.63) is 65.7 Å². The molecule has 2 aromatic rings. The molecule has 0 aliphatic rings. The van der Waals surface area contributed by atoms with Gasteiger partial charge >= 0.3 is 6.18 Å². The molecular weight excluding hydrogens is 323 g/mol. The Balaban J connectivity index is 1.76. The van der Waals surface area contributed by atoms with Crippen LogP contribution in [0.25, 0.3) is 0 Å². The standard InChI is InChI=1S/C17H16F3NOS/c18-17(19,20)14-6-4-5-13(11-14)12-21-16(22)9-10-23-15-7-2-1-3-8-15/h1-8,11H,9-10,12H2,(H,21,22). The topological polar surface area (TPSA) is 29.1 Å². The molecule has 0 aliphatic heterocycles. The third-order valence-corrected chi connectivity index (χ3v) is 4.10. The number of thioether (sulfide) groups is 1. The van der Waals surface area contributed by atoms with Gasteiger partial charge in [-0.1, -0.05) is 30.3 Å².